The zero-order chi connectivity index (χ0) is 4.12. The second-order valence-electron chi connectivity index (χ2n) is 0.580. The van der Waals surface area contributed by atoms with Gasteiger partial charge in [0.15, 0.2) is 0 Å². The molecular formula is C3H5BrSb. The average molecular weight is 243 g/mol. The summed E-state index contributed by atoms with van der Waals surface area (Å²) in [4.78, 5) is 0. The van der Waals surface area contributed by atoms with Crippen LogP contribution in [0.3, 0.4) is 0 Å². The van der Waals surface area contributed by atoms with Crippen LogP contribution in [-0.4, -0.2) is 19.4 Å². The van der Waals surface area contributed by atoms with E-state index >= 15 is 0 Å². The molecule has 29 valence electrons. The summed E-state index contributed by atoms with van der Waals surface area (Å²) in [6.07, 6.45) is 2.08. The number of rotatable bonds is 1. The summed E-state index contributed by atoms with van der Waals surface area (Å²) in [6.45, 7) is 2.04. The van der Waals surface area contributed by atoms with Crippen LogP contribution in [0, 0.1) is 0 Å². The van der Waals surface area contributed by atoms with Gasteiger partial charge in [0.2, 0.25) is 0 Å². The maximum atomic E-state index is 3.37. The Hall–Kier alpha value is 1.04. The first-order valence-electron chi connectivity index (χ1n) is 1.34. The van der Waals surface area contributed by atoms with E-state index in [1.165, 1.54) is 0 Å². The van der Waals surface area contributed by atoms with Crippen LogP contribution >= 0.6 is 12.6 Å². The number of hydrogen-bond donors (Lipinski definition) is 0. The van der Waals surface area contributed by atoms with Crippen LogP contribution in [0.4, 0.5) is 0 Å². The SMILES string of the molecule is CC=[CH][Sb][Br]. The van der Waals surface area contributed by atoms with Gasteiger partial charge in [-0.25, -0.2) is 0 Å². The minimum atomic E-state index is -0.0285. The van der Waals surface area contributed by atoms with E-state index in [4.69, 9.17) is 0 Å². The van der Waals surface area contributed by atoms with Crippen LogP contribution in [0.15, 0.2) is 10.1 Å². The molecule has 0 aliphatic carbocycles. The third kappa shape index (κ3) is 5.04. The Morgan fingerprint density at radius 2 is 2.40 bits per heavy atom. The van der Waals surface area contributed by atoms with Crippen molar-refractivity contribution in [2.75, 3.05) is 0 Å². The normalized spacial score (nSPS) is 10.0. The maximum absolute atomic E-state index is 3.37. The molecule has 0 bridgehead atoms. The van der Waals surface area contributed by atoms with Gasteiger partial charge in [-0.15, -0.1) is 0 Å². The molecule has 2 heteroatoms. The Balaban J connectivity index is 2.62. The molecule has 0 saturated heterocycles. The molecule has 0 N–H and O–H groups in total. The van der Waals surface area contributed by atoms with E-state index in [0.29, 0.717) is 0 Å². The Labute approximate surface area is 48.9 Å². The topological polar surface area (TPSA) is 0 Å². The molecule has 1 radical (unpaired) electrons. The van der Waals surface area contributed by atoms with Crippen LogP contribution < -0.4 is 0 Å². The average Bonchev–Trinajstić information content (AvgIpc) is 1.41. The third-order valence-electron chi connectivity index (χ3n) is 0.205. The van der Waals surface area contributed by atoms with Crippen molar-refractivity contribution in [1.82, 2.24) is 0 Å². The summed E-state index contributed by atoms with van der Waals surface area (Å²) in [5.41, 5.74) is 0. The molecule has 0 heterocycles. The van der Waals surface area contributed by atoms with Gasteiger partial charge in [-0.05, 0) is 0 Å². The van der Waals surface area contributed by atoms with Crippen molar-refractivity contribution in [3.63, 3.8) is 0 Å². The summed E-state index contributed by atoms with van der Waals surface area (Å²) in [5, 5.41) is 0. The van der Waals surface area contributed by atoms with Gasteiger partial charge in [0.25, 0.3) is 0 Å². The minimum absolute atomic E-state index is 0.0285. The van der Waals surface area contributed by atoms with Gasteiger partial charge >= 0.3 is 49.0 Å². The molecule has 0 aliphatic rings. The molecule has 0 amide bonds. The van der Waals surface area contributed by atoms with Gasteiger partial charge in [-0.3, -0.25) is 0 Å². The van der Waals surface area contributed by atoms with E-state index in [1.54, 1.807) is 0 Å². The molecule has 0 aromatic heterocycles. The Morgan fingerprint density at radius 1 is 1.80 bits per heavy atom. The van der Waals surface area contributed by atoms with Gasteiger partial charge in [0.05, 0.1) is 0 Å². The Morgan fingerprint density at radius 3 is 2.40 bits per heavy atom. The van der Waals surface area contributed by atoms with Crippen molar-refractivity contribution in [1.29, 1.82) is 0 Å². The molecule has 0 nitrogen and oxygen atoms in total. The molecule has 0 aromatic rings. The fourth-order valence-electron chi connectivity index (χ4n) is 0.0563. The van der Waals surface area contributed by atoms with Gasteiger partial charge in [-0.1, -0.05) is 0 Å². The zero-order valence-electron chi connectivity index (χ0n) is 2.98. The molecule has 0 aliphatic heterocycles. The summed E-state index contributed by atoms with van der Waals surface area (Å²) < 4.78 is 2.19. The molecule has 0 unspecified atom stereocenters. The van der Waals surface area contributed by atoms with Crippen LogP contribution in [0.1, 0.15) is 6.92 Å². The van der Waals surface area contributed by atoms with Gasteiger partial charge in [0, 0.05) is 0 Å². The monoisotopic (exact) mass is 241 g/mol. The summed E-state index contributed by atoms with van der Waals surface area (Å²) in [5.74, 6) is 0. The molecule has 5 heavy (non-hydrogen) atoms. The van der Waals surface area contributed by atoms with Crippen molar-refractivity contribution in [2.24, 2.45) is 0 Å². The van der Waals surface area contributed by atoms with Crippen molar-refractivity contribution in [3.8, 4) is 0 Å². The van der Waals surface area contributed by atoms with Crippen molar-refractivity contribution in [2.45, 2.75) is 6.92 Å². The van der Waals surface area contributed by atoms with Crippen LogP contribution in [-0.2, 0) is 0 Å². The molecule has 0 atom stereocenters. The standard InChI is InChI=1S/C3H5.BrH.Sb/c1-3-2;;/h1,3H,2H3;1H;/q;;+1/p-1. The van der Waals surface area contributed by atoms with Crippen molar-refractivity contribution >= 4 is 32.0 Å². The number of halogens is 1. The van der Waals surface area contributed by atoms with Gasteiger partial charge in [-0.2, -0.15) is 0 Å². The molecule has 0 fully saturated rings. The first-order valence-corrected chi connectivity index (χ1v) is 8.53. The number of allylic oxidation sites excluding steroid dienone is 1. The van der Waals surface area contributed by atoms with Crippen LogP contribution in [0.2, 0.25) is 0 Å². The quantitative estimate of drug-likeness (QED) is 0.612. The molecular weight excluding hydrogens is 238 g/mol. The Bertz CT molecular complexity index is 33.9. The van der Waals surface area contributed by atoms with Gasteiger partial charge in [0.1, 0.15) is 0 Å². The summed E-state index contributed by atoms with van der Waals surface area (Å²) in [6, 6.07) is 0. The Kier molecular flexibility index (Phi) is 6.08. The molecule has 0 spiro atoms. The van der Waals surface area contributed by atoms with E-state index in [9.17, 15) is 0 Å². The first kappa shape index (κ1) is 6.04. The first-order chi connectivity index (χ1) is 2.41. The second kappa shape index (κ2) is 5.04. The second-order valence-corrected chi connectivity index (χ2v) is 4.74. The summed E-state index contributed by atoms with van der Waals surface area (Å²) >= 11 is 3.34. The predicted molar refractivity (Wildman–Crippen MR) is 29.5 cm³/mol. The fraction of sp³-hybridized carbons (Fsp3) is 0.333. The third-order valence-corrected chi connectivity index (χ3v) is 2.96. The van der Waals surface area contributed by atoms with Crippen molar-refractivity contribution in [3.05, 3.63) is 10.1 Å². The van der Waals surface area contributed by atoms with E-state index < -0.39 is 0 Å². The van der Waals surface area contributed by atoms with Crippen LogP contribution in [0.5, 0.6) is 0 Å². The van der Waals surface area contributed by atoms with E-state index in [1.807, 2.05) is 6.92 Å². The molecule has 0 rings (SSSR count). The molecule has 0 saturated carbocycles. The fourth-order valence-corrected chi connectivity index (χ4v) is 1.96. The van der Waals surface area contributed by atoms with E-state index in [-0.39, 0.29) is 19.4 Å². The van der Waals surface area contributed by atoms with E-state index in [2.05, 4.69) is 22.7 Å². The summed E-state index contributed by atoms with van der Waals surface area (Å²) in [7, 11) is 0. The van der Waals surface area contributed by atoms with Crippen LogP contribution in [0.25, 0.3) is 0 Å². The zero-order valence-corrected chi connectivity index (χ0v) is 7.12. The predicted octanol–water partition coefficient (Wildman–Crippen LogP) is 1.53. The van der Waals surface area contributed by atoms with E-state index in [0.717, 1.165) is 0 Å². The van der Waals surface area contributed by atoms with Gasteiger partial charge < -0.3 is 0 Å². The van der Waals surface area contributed by atoms with Crippen molar-refractivity contribution < 1.29 is 0 Å². The molecule has 0 aromatic carbocycles. The number of hydrogen-bond acceptors (Lipinski definition) is 0.